The Labute approximate surface area is 117 Å². The van der Waals surface area contributed by atoms with Gasteiger partial charge in [-0.2, -0.15) is 0 Å². The summed E-state index contributed by atoms with van der Waals surface area (Å²) >= 11 is 0. The molecular formula is C15H27ClN2. The van der Waals surface area contributed by atoms with Gasteiger partial charge in [0.05, 0.1) is 11.9 Å². The number of nitrogens with zero attached hydrogens (tertiary/aromatic N) is 1. The van der Waals surface area contributed by atoms with Gasteiger partial charge in [0.15, 0.2) is 0 Å². The van der Waals surface area contributed by atoms with Gasteiger partial charge in [-0.25, -0.2) is 0 Å². The molecule has 0 spiro atoms. The summed E-state index contributed by atoms with van der Waals surface area (Å²) in [6, 6.07) is 0.665. The summed E-state index contributed by atoms with van der Waals surface area (Å²) in [5.41, 5.74) is 0. The number of hydrogen-bond donors (Lipinski definition) is 1. The number of rotatable bonds is 2. The number of aliphatic imine (C=N–C) groups is 1. The summed E-state index contributed by atoms with van der Waals surface area (Å²) in [6.45, 7) is 1.15. The maximum Gasteiger partial charge on any atom is 0.0967 e. The second kappa shape index (κ2) is 6.79. The average molecular weight is 271 g/mol. The molecule has 2 aliphatic carbocycles. The van der Waals surface area contributed by atoms with Gasteiger partial charge in [0, 0.05) is 13.0 Å². The van der Waals surface area contributed by atoms with Crippen LogP contribution in [0.1, 0.15) is 64.2 Å². The van der Waals surface area contributed by atoms with Crippen molar-refractivity contribution in [1.29, 1.82) is 0 Å². The highest BCUT2D eigenvalue weighted by Gasteiger charge is 2.34. The molecule has 3 aliphatic rings. The average Bonchev–Trinajstić information content (AvgIpc) is 3.02. The van der Waals surface area contributed by atoms with Gasteiger partial charge in [0.2, 0.25) is 0 Å². The van der Waals surface area contributed by atoms with Crippen molar-refractivity contribution in [3.63, 3.8) is 0 Å². The first-order valence-electron chi connectivity index (χ1n) is 7.74. The second-order valence-electron chi connectivity index (χ2n) is 6.17. The summed E-state index contributed by atoms with van der Waals surface area (Å²) in [4.78, 5) is 5.04. The summed E-state index contributed by atoms with van der Waals surface area (Å²) in [7, 11) is 0. The Balaban J connectivity index is 0.00000120. The molecule has 1 saturated heterocycles. The molecule has 0 aromatic heterocycles. The van der Waals surface area contributed by atoms with Gasteiger partial charge in [0.25, 0.3) is 0 Å². The third kappa shape index (κ3) is 3.20. The smallest absolute Gasteiger partial charge is 0.0967 e. The molecule has 2 atom stereocenters. The van der Waals surface area contributed by atoms with Crippen LogP contribution in [0.25, 0.3) is 0 Å². The van der Waals surface area contributed by atoms with E-state index in [-0.39, 0.29) is 12.4 Å². The summed E-state index contributed by atoms with van der Waals surface area (Å²) in [6.07, 6.45) is 14.1. The van der Waals surface area contributed by atoms with Crippen LogP contribution >= 0.6 is 12.4 Å². The van der Waals surface area contributed by atoms with E-state index >= 15 is 0 Å². The minimum absolute atomic E-state index is 0. The Morgan fingerprint density at radius 2 is 1.72 bits per heavy atom. The molecule has 0 aromatic rings. The van der Waals surface area contributed by atoms with Crippen molar-refractivity contribution in [1.82, 2.24) is 5.32 Å². The maximum absolute atomic E-state index is 5.04. The van der Waals surface area contributed by atoms with E-state index in [2.05, 4.69) is 5.32 Å². The monoisotopic (exact) mass is 270 g/mol. The van der Waals surface area contributed by atoms with Crippen molar-refractivity contribution in [2.75, 3.05) is 6.54 Å². The Bertz CT molecular complexity index is 276. The molecule has 2 saturated carbocycles. The second-order valence-corrected chi connectivity index (χ2v) is 6.17. The molecule has 0 radical (unpaired) electrons. The zero-order chi connectivity index (χ0) is 11.5. The van der Waals surface area contributed by atoms with Crippen molar-refractivity contribution >= 4 is 18.2 Å². The van der Waals surface area contributed by atoms with Gasteiger partial charge in [0.1, 0.15) is 0 Å². The highest BCUT2D eigenvalue weighted by atomic mass is 35.5. The van der Waals surface area contributed by atoms with Gasteiger partial charge in [-0.3, -0.25) is 4.99 Å². The van der Waals surface area contributed by atoms with Crippen molar-refractivity contribution in [3.8, 4) is 0 Å². The van der Waals surface area contributed by atoms with Crippen LogP contribution in [-0.2, 0) is 0 Å². The molecule has 0 amide bonds. The molecule has 0 unspecified atom stereocenters. The predicted molar refractivity (Wildman–Crippen MR) is 79.6 cm³/mol. The highest BCUT2D eigenvalue weighted by molar-refractivity contribution is 5.85. The van der Waals surface area contributed by atoms with Gasteiger partial charge >= 0.3 is 0 Å². The van der Waals surface area contributed by atoms with Gasteiger partial charge in [-0.15, -0.1) is 12.4 Å². The Morgan fingerprint density at radius 3 is 2.44 bits per heavy atom. The van der Waals surface area contributed by atoms with Crippen molar-refractivity contribution < 1.29 is 0 Å². The van der Waals surface area contributed by atoms with Gasteiger partial charge < -0.3 is 5.32 Å². The lowest BCUT2D eigenvalue weighted by molar-refractivity contribution is 0.235. The minimum atomic E-state index is 0. The van der Waals surface area contributed by atoms with Crippen molar-refractivity contribution in [2.24, 2.45) is 16.8 Å². The first-order valence-corrected chi connectivity index (χ1v) is 7.74. The number of hydrogen-bond acceptors (Lipinski definition) is 1. The summed E-state index contributed by atoms with van der Waals surface area (Å²) in [5, 5.41) is 3.46. The topological polar surface area (TPSA) is 24.4 Å². The number of nitrogens with one attached hydrogen (secondary N) is 1. The van der Waals surface area contributed by atoms with Crippen LogP contribution < -0.4 is 5.32 Å². The zero-order valence-electron chi connectivity index (χ0n) is 11.4. The van der Waals surface area contributed by atoms with Crippen LogP contribution in [0.15, 0.2) is 4.99 Å². The third-order valence-corrected chi connectivity index (χ3v) is 5.03. The fourth-order valence-electron chi connectivity index (χ4n) is 4.13. The largest absolute Gasteiger partial charge is 0.374 e. The maximum atomic E-state index is 5.04. The van der Waals surface area contributed by atoms with E-state index in [0.717, 1.165) is 18.4 Å². The fourth-order valence-corrected chi connectivity index (χ4v) is 4.13. The zero-order valence-corrected chi connectivity index (χ0v) is 12.2. The van der Waals surface area contributed by atoms with E-state index in [9.17, 15) is 0 Å². The molecule has 1 aliphatic heterocycles. The molecule has 3 fully saturated rings. The van der Waals surface area contributed by atoms with Gasteiger partial charge in [-0.1, -0.05) is 38.5 Å². The third-order valence-electron chi connectivity index (χ3n) is 5.03. The molecule has 2 nitrogen and oxygen atoms in total. The molecule has 1 heterocycles. The molecule has 3 rings (SSSR count). The molecule has 18 heavy (non-hydrogen) atoms. The molecule has 104 valence electrons. The quantitative estimate of drug-likeness (QED) is 0.808. The van der Waals surface area contributed by atoms with Crippen molar-refractivity contribution in [3.05, 3.63) is 0 Å². The van der Waals surface area contributed by atoms with Crippen LogP contribution in [0.5, 0.6) is 0 Å². The predicted octanol–water partition coefficient (Wildman–Crippen LogP) is 3.94. The lowest BCUT2D eigenvalue weighted by Crippen LogP contribution is -2.26. The normalized spacial score (nSPS) is 35.4. The van der Waals surface area contributed by atoms with E-state index in [1.54, 1.807) is 0 Å². The van der Waals surface area contributed by atoms with Crippen LogP contribution in [0, 0.1) is 11.8 Å². The lowest BCUT2D eigenvalue weighted by Gasteiger charge is -2.30. The fraction of sp³-hybridized carbons (Fsp3) is 0.933. The summed E-state index contributed by atoms with van der Waals surface area (Å²) in [5.74, 6) is 3.24. The standard InChI is InChI=1S/C15H26N2.ClH/c1-2-6-12(7-3-1)13-8-4-9-14(13)17-15-10-5-11-16-15;/h12-14H,1-11H2,(H,16,17);1H/t13-,14-;/m1./s1. The number of halogens is 1. The van der Waals surface area contributed by atoms with E-state index in [1.807, 2.05) is 0 Å². The lowest BCUT2D eigenvalue weighted by atomic mass is 9.78. The van der Waals surface area contributed by atoms with Gasteiger partial charge in [-0.05, 0) is 31.1 Å². The van der Waals surface area contributed by atoms with Crippen LogP contribution in [0.3, 0.4) is 0 Å². The van der Waals surface area contributed by atoms with E-state index in [0.29, 0.717) is 6.04 Å². The van der Waals surface area contributed by atoms with Crippen LogP contribution in [0.4, 0.5) is 0 Å². The van der Waals surface area contributed by atoms with E-state index < -0.39 is 0 Å². The molecule has 1 N–H and O–H groups in total. The van der Waals surface area contributed by atoms with E-state index in [1.165, 1.54) is 70.0 Å². The van der Waals surface area contributed by atoms with Crippen LogP contribution in [-0.4, -0.2) is 18.4 Å². The molecule has 0 aromatic carbocycles. The molecule has 3 heteroatoms. The SMILES string of the molecule is C1CCC([C@H]2CCC[C@H]2N=C2CCCN2)CC1.Cl. The Morgan fingerprint density at radius 1 is 0.889 bits per heavy atom. The number of amidine groups is 1. The van der Waals surface area contributed by atoms with Crippen LogP contribution in [0.2, 0.25) is 0 Å². The Kier molecular flexibility index (Phi) is 5.35. The first-order chi connectivity index (χ1) is 8.43. The summed E-state index contributed by atoms with van der Waals surface area (Å²) < 4.78 is 0. The Hall–Kier alpha value is -0.240. The molecular weight excluding hydrogens is 244 g/mol. The minimum Gasteiger partial charge on any atom is -0.374 e. The first kappa shape index (κ1) is 14.2. The molecule has 0 bridgehead atoms. The van der Waals surface area contributed by atoms with Crippen molar-refractivity contribution in [2.45, 2.75) is 70.3 Å². The van der Waals surface area contributed by atoms with E-state index in [4.69, 9.17) is 4.99 Å². The highest BCUT2D eigenvalue weighted by Crippen LogP contribution is 2.41.